The first-order valence-electron chi connectivity index (χ1n) is 5.91. The molecule has 0 aliphatic carbocycles. The van der Waals surface area contributed by atoms with Crippen molar-refractivity contribution in [1.29, 1.82) is 0 Å². The Morgan fingerprint density at radius 1 is 0.895 bits per heavy atom. The molecule has 1 aromatic heterocycles. The van der Waals surface area contributed by atoms with Crippen LogP contribution in [0.15, 0.2) is 30.3 Å². The van der Waals surface area contributed by atoms with Crippen molar-refractivity contribution < 1.29 is 0 Å². The standard InChI is InChI=1S/C15H14Cl3N/c1-15(2,3)10-6-4-9(5-7-10)13-11(16)8-12(17)14(18)19-13/h4-8H,1-3H3. The molecule has 0 saturated heterocycles. The lowest BCUT2D eigenvalue weighted by Gasteiger charge is -2.19. The Labute approximate surface area is 128 Å². The first-order valence-corrected chi connectivity index (χ1v) is 7.05. The highest BCUT2D eigenvalue weighted by molar-refractivity contribution is 6.42. The largest absolute Gasteiger partial charge is 0.233 e. The van der Waals surface area contributed by atoms with Crippen LogP contribution in [0.2, 0.25) is 15.2 Å². The topological polar surface area (TPSA) is 12.9 Å². The zero-order valence-corrected chi connectivity index (χ0v) is 13.2. The van der Waals surface area contributed by atoms with Crippen LogP contribution in [0.1, 0.15) is 26.3 Å². The number of hydrogen-bond donors (Lipinski definition) is 0. The zero-order valence-electron chi connectivity index (χ0n) is 11.0. The summed E-state index contributed by atoms with van der Waals surface area (Å²) in [5.41, 5.74) is 2.95. The molecular weight excluding hydrogens is 301 g/mol. The molecule has 4 heteroatoms. The summed E-state index contributed by atoms with van der Waals surface area (Å²) in [5.74, 6) is 0. The molecule has 0 aliphatic heterocycles. The van der Waals surface area contributed by atoms with Crippen LogP contribution in [0.4, 0.5) is 0 Å². The second kappa shape index (κ2) is 5.32. The molecule has 0 aliphatic rings. The van der Waals surface area contributed by atoms with Crippen LogP contribution in [0, 0.1) is 0 Å². The highest BCUT2D eigenvalue weighted by Gasteiger charge is 2.14. The van der Waals surface area contributed by atoms with Crippen LogP contribution >= 0.6 is 34.8 Å². The lowest BCUT2D eigenvalue weighted by Crippen LogP contribution is -2.10. The molecule has 1 nitrogen and oxygen atoms in total. The molecule has 0 amide bonds. The average molecular weight is 315 g/mol. The van der Waals surface area contributed by atoms with E-state index in [2.05, 4.69) is 37.9 Å². The molecule has 0 spiro atoms. The van der Waals surface area contributed by atoms with Crippen LogP contribution in [-0.4, -0.2) is 4.98 Å². The molecule has 2 aromatic rings. The normalized spacial score (nSPS) is 11.7. The smallest absolute Gasteiger partial charge is 0.148 e. The summed E-state index contributed by atoms with van der Waals surface area (Å²) in [6.45, 7) is 6.52. The summed E-state index contributed by atoms with van der Waals surface area (Å²) in [7, 11) is 0. The second-order valence-corrected chi connectivity index (χ2v) is 6.59. The lowest BCUT2D eigenvalue weighted by molar-refractivity contribution is 0.590. The number of pyridine rings is 1. The van der Waals surface area contributed by atoms with E-state index >= 15 is 0 Å². The summed E-state index contributed by atoms with van der Waals surface area (Å²) < 4.78 is 0. The molecule has 0 saturated carbocycles. The molecule has 0 N–H and O–H groups in total. The summed E-state index contributed by atoms with van der Waals surface area (Å²) >= 11 is 18.0. The van der Waals surface area contributed by atoms with Gasteiger partial charge in [-0.2, -0.15) is 0 Å². The van der Waals surface area contributed by atoms with E-state index < -0.39 is 0 Å². The predicted molar refractivity (Wildman–Crippen MR) is 83.4 cm³/mol. The Kier molecular flexibility index (Phi) is 4.10. The van der Waals surface area contributed by atoms with Gasteiger partial charge in [0.05, 0.1) is 15.7 Å². The van der Waals surface area contributed by atoms with Gasteiger partial charge in [0.2, 0.25) is 0 Å². The molecule has 1 aromatic carbocycles. The number of aromatic nitrogens is 1. The second-order valence-electron chi connectivity index (χ2n) is 5.42. The maximum Gasteiger partial charge on any atom is 0.148 e. The molecular formula is C15H14Cl3N. The number of hydrogen-bond acceptors (Lipinski definition) is 1. The fourth-order valence-corrected chi connectivity index (χ4v) is 2.38. The van der Waals surface area contributed by atoms with E-state index in [4.69, 9.17) is 34.8 Å². The molecule has 0 bridgehead atoms. The Hall–Kier alpha value is -0.760. The Balaban J connectivity index is 2.46. The van der Waals surface area contributed by atoms with Crippen molar-refractivity contribution in [3.8, 4) is 11.3 Å². The molecule has 2 rings (SSSR count). The van der Waals surface area contributed by atoms with E-state index in [-0.39, 0.29) is 10.6 Å². The fraction of sp³-hybridized carbons (Fsp3) is 0.267. The molecule has 1 heterocycles. The minimum atomic E-state index is 0.118. The lowest BCUT2D eigenvalue weighted by atomic mass is 9.86. The predicted octanol–water partition coefficient (Wildman–Crippen LogP) is 6.01. The van der Waals surface area contributed by atoms with Crippen molar-refractivity contribution in [2.45, 2.75) is 26.2 Å². The van der Waals surface area contributed by atoms with Crippen molar-refractivity contribution in [1.82, 2.24) is 4.98 Å². The van der Waals surface area contributed by atoms with Gasteiger partial charge in [0.1, 0.15) is 5.15 Å². The zero-order chi connectivity index (χ0) is 14.2. The van der Waals surface area contributed by atoms with Gasteiger partial charge in [-0.3, -0.25) is 0 Å². The average Bonchev–Trinajstić information content (AvgIpc) is 2.33. The van der Waals surface area contributed by atoms with Crippen molar-refractivity contribution in [3.63, 3.8) is 0 Å². The molecule has 0 radical (unpaired) electrons. The SMILES string of the molecule is CC(C)(C)c1ccc(-c2nc(Cl)c(Cl)cc2Cl)cc1. The quantitative estimate of drug-likeness (QED) is 0.588. The van der Waals surface area contributed by atoms with Gasteiger partial charge in [0, 0.05) is 5.56 Å². The summed E-state index contributed by atoms with van der Waals surface area (Å²) in [6, 6.07) is 9.77. The van der Waals surface area contributed by atoms with Gasteiger partial charge < -0.3 is 0 Å². The van der Waals surface area contributed by atoms with E-state index in [1.165, 1.54) is 5.56 Å². The van der Waals surface area contributed by atoms with E-state index in [1.54, 1.807) is 6.07 Å². The monoisotopic (exact) mass is 313 g/mol. The number of halogens is 3. The van der Waals surface area contributed by atoms with E-state index in [1.807, 2.05) is 12.1 Å². The molecule has 0 unspecified atom stereocenters. The maximum atomic E-state index is 6.16. The van der Waals surface area contributed by atoms with Crippen molar-refractivity contribution in [3.05, 3.63) is 51.1 Å². The first kappa shape index (κ1) is 14.6. The summed E-state index contributed by atoms with van der Waals surface area (Å²) in [6.07, 6.45) is 0. The maximum absolute atomic E-state index is 6.16. The summed E-state index contributed by atoms with van der Waals surface area (Å²) in [4.78, 5) is 4.24. The van der Waals surface area contributed by atoms with Crippen molar-refractivity contribution in [2.75, 3.05) is 0 Å². The van der Waals surface area contributed by atoms with Gasteiger partial charge >= 0.3 is 0 Å². The van der Waals surface area contributed by atoms with Crippen LogP contribution in [0.25, 0.3) is 11.3 Å². The van der Waals surface area contributed by atoms with Crippen LogP contribution in [0.5, 0.6) is 0 Å². The number of nitrogens with zero attached hydrogens (tertiary/aromatic N) is 1. The Bertz CT molecular complexity index is 598. The fourth-order valence-electron chi connectivity index (χ4n) is 1.77. The molecule has 100 valence electrons. The Morgan fingerprint density at radius 2 is 1.47 bits per heavy atom. The van der Waals surface area contributed by atoms with Gasteiger partial charge in [-0.05, 0) is 17.0 Å². The van der Waals surface area contributed by atoms with Gasteiger partial charge in [-0.1, -0.05) is 79.8 Å². The number of benzene rings is 1. The van der Waals surface area contributed by atoms with Gasteiger partial charge in [-0.25, -0.2) is 4.98 Å². The third-order valence-electron chi connectivity index (χ3n) is 2.91. The number of rotatable bonds is 1. The molecule has 0 atom stereocenters. The van der Waals surface area contributed by atoms with Gasteiger partial charge in [-0.15, -0.1) is 0 Å². The minimum Gasteiger partial charge on any atom is -0.233 e. The minimum absolute atomic E-state index is 0.118. The highest BCUT2D eigenvalue weighted by Crippen LogP contribution is 2.33. The highest BCUT2D eigenvalue weighted by atomic mass is 35.5. The van der Waals surface area contributed by atoms with Crippen LogP contribution < -0.4 is 0 Å². The van der Waals surface area contributed by atoms with E-state index in [0.717, 1.165) is 5.56 Å². The molecule has 19 heavy (non-hydrogen) atoms. The van der Waals surface area contributed by atoms with Crippen LogP contribution in [-0.2, 0) is 5.41 Å². The van der Waals surface area contributed by atoms with Crippen LogP contribution in [0.3, 0.4) is 0 Å². The third kappa shape index (κ3) is 3.22. The van der Waals surface area contributed by atoms with E-state index in [9.17, 15) is 0 Å². The van der Waals surface area contributed by atoms with E-state index in [0.29, 0.717) is 15.7 Å². The van der Waals surface area contributed by atoms with Crippen molar-refractivity contribution in [2.24, 2.45) is 0 Å². The van der Waals surface area contributed by atoms with Crippen molar-refractivity contribution >= 4 is 34.8 Å². The van der Waals surface area contributed by atoms with Gasteiger partial charge in [0.25, 0.3) is 0 Å². The Morgan fingerprint density at radius 3 is 2.00 bits per heavy atom. The summed E-state index contributed by atoms with van der Waals surface area (Å²) in [5, 5.41) is 1.13. The molecule has 0 fully saturated rings. The van der Waals surface area contributed by atoms with Gasteiger partial charge in [0.15, 0.2) is 0 Å². The first-order chi connectivity index (χ1) is 8.79. The third-order valence-corrected chi connectivity index (χ3v) is 3.87.